The SMILES string of the molecule is C[C@@H](O)[C@H](N)C(=O)N1C[C@H](O)C[C@H]1C(=O)N[C@H](C(=O)N[C@H](C(=O)N1C[C@H](C)[C@H](O)[C@H]1C(N)=O)[C@H](O)CC(N)=O)[C@H](O)[C@@H](O)c1ccc(O)c(OS(=O)(=O)O)c1. The molecule has 308 valence electrons. The van der Waals surface area contributed by atoms with Crippen LogP contribution in [0.4, 0.5) is 0 Å². The molecular formula is C30H45N7O17S. The fourth-order valence-electron chi connectivity index (χ4n) is 6.18. The fraction of sp³-hybridized carbons (Fsp3) is 0.600. The number of carbonyl (C=O) groups excluding carboxylic acids is 6. The Hall–Kier alpha value is -4.73. The van der Waals surface area contributed by atoms with Gasteiger partial charge in [-0.3, -0.25) is 33.3 Å². The van der Waals surface area contributed by atoms with Crippen molar-refractivity contribution in [2.75, 3.05) is 13.1 Å². The number of nitrogens with zero attached hydrogens (tertiary/aromatic N) is 2. The summed E-state index contributed by atoms with van der Waals surface area (Å²) in [6.07, 6.45) is -12.7. The zero-order valence-electron chi connectivity index (χ0n) is 29.3. The maximum absolute atomic E-state index is 14.0. The van der Waals surface area contributed by atoms with Gasteiger partial charge in [0.1, 0.15) is 42.4 Å². The van der Waals surface area contributed by atoms with Crippen LogP contribution in [0.25, 0.3) is 0 Å². The molecule has 0 aliphatic carbocycles. The van der Waals surface area contributed by atoms with Crippen LogP contribution in [0, 0.1) is 5.92 Å². The molecule has 0 radical (unpaired) electrons. The largest absolute Gasteiger partial charge is 0.504 e. The summed E-state index contributed by atoms with van der Waals surface area (Å²) in [6, 6.07) is -7.25. The van der Waals surface area contributed by atoms with Crippen molar-refractivity contribution in [1.29, 1.82) is 0 Å². The van der Waals surface area contributed by atoms with Crippen LogP contribution < -0.4 is 32.0 Å². The van der Waals surface area contributed by atoms with Crippen molar-refractivity contribution in [1.82, 2.24) is 20.4 Å². The molecule has 2 saturated heterocycles. The molecule has 2 aliphatic rings. The number of rotatable bonds is 16. The highest BCUT2D eigenvalue weighted by Gasteiger charge is 2.49. The fourth-order valence-corrected chi connectivity index (χ4v) is 6.54. The third-order valence-corrected chi connectivity index (χ3v) is 9.49. The summed E-state index contributed by atoms with van der Waals surface area (Å²) in [6.45, 7) is 1.81. The number of amides is 6. The van der Waals surface area contributed by atoms with E-state index >= 15 is 0 Å². The number of likely N-dealkylation sites (tertiary alicyclic amines) is 2. The van der Waals surface area contributed by atoms with Crippen LogP contribution in [0.2, 0.25) is 0 Å². The van der Waals surface area contributed by atoms with Gasteiger partial charge in [0, 0.05) is 25.4 Å². The van der Waals surface area contributed by atoms with Gasteiger partial charge in [-0.1, -0.05) is 13.0 Å². The predicted octanol–water partition coefficient (Wildman–Crippen LogP) is -7.46. The number of primary amides is 2. The van der Waals surface area contributed by atoms with Gasteiger partial charge < -0.3 is 77.6 Å². The number of aliphatic hydroxyl groups excluding tert-OH is 6. The number of nitrogens with one attached hydrogen (secondary N) is 2. The van der Waals surface area contributed by atoms with E-state index in [2.05, 4.69) is 9.50 Å². The van der Waals surface area contributed by atoms with Gasteiger partial charge >= 0.3 is 10.4 Å². The van der Waals surface area contributed by atoms with Gasteiger partial charge in [-0.05, 0) is 24.6 Å². The number of aliphatic hydroxyl groups is 6. The van der Waals surface area contributed by atoms with Crippen molar-refractivity contribution in [2.24, 2.45) is 23.1 Å². The molecule has 0 aromatic heterocycles. The highest BCUT2D eigenvalue weighted by molar-refractivity contribution is 7.81. The van der Waals surface area contributed by atoms with E-state index in [0.717, 1.165) is 17.0 Å². The van der Waals surface area contributed by atoms with Crippen molar-refractivity contribution < 1.29 is 81.7 Å². The molecule has 0 spiro atoms. The second-order valence-corrected chi connectivity index (χ2v) is 14.4. The van der Waals surface area contributed by atoms with Crippen LogP contribution in [0.1, 0.15) is 38.4 Å². The number of hydrogen-bond acceptors (Lipinski definition) is 17. The number of phenols is 1. The summed E-state index contributed by atoms with van der Waals surface area (Å²) >= 11 is 0. The number of nitrogens with two attached hydrogens (primary N) is 3. The van der Waals surface area contributed by atoms with Crippen molar-refractivity contribution in [3.05, 3.63) is 23.8 Å². The van der Waals surface area contributed by atoms with Crippen molar-refractivity contribution in [2.45, 2.75) is 93.5 Å². The maximum Gasteiger partial charge on any atom is 0.446 e. The normalized spacial score (nSPS) is 25.2. The second-order valence-electron chi connectivity index (χ2n) is 13.4. The summed E-state index contributed by atoms with van der Waals surface area (Å²) in [7, 11) is -5.25. The lowest BCUT2D eigenvalue weighted by Gasteiger charge is -2.34. The molecule has 1 aromatic carbocycles. The lowest BCUT2D eigenvalue weighted by Crippen LogP contribution is -2.64. The average Bonchev–Trinajstić information content (AvgIpc) is 3.62. The van der Waals surface area contributed by atoms with Crippen LogP contribution in [-0.4, -0.2) is 168 Å². The minimum atomic E-state index is -5.25. The van der Waals surface area contributed by atoms with E-state index in [1.54, 1.807) is 0 Å². The molecule has 0 unspecified atom stereocenters. The first-order valence-corrected chi connectivity index (χ1v) is 17.9. The first-order chi connectivity index (χ1) is 25.4. The number of phenolic OH excluding ortho intramolecular Hbond substituents is 1. The van der Waals surface area contributed by atoms with E-state index in [0.29, 0.717) is 11.0 Å². The van der Waals surface area contributed by atoms with Gasteiger partial charge in [-0.15, -0.1) is 0 Å². The molecule has 2 aliphatic heterocycles. The second kappa shape index (κ2) is 17.8. The molecule has 0 saturated carbocycles. The molecule has 2 fully saturated rings. The molecule has 2 heterocycles. The molecule has 16 N–H and O–H groups in total. The van der Waals surface area contributed by atoms with E-state index in [9.17, 15) is 72.9 Å². The maximum atomic E-state index is 14.0. The zero-order chi connectivity index (χ0) is 41.9. The van der Waals surface area contributed by atoms with Gasteiger partial charge in [-0.2, -0.15) is 8.42 Å². The standard InChI is InChI=1S/C30H45N7O17S/c1-10-8-37(22(23(10)43)26(33)46)30(50)20(16(41)7-18(31)42)34-28(48)21(25(45)24(44)12-3-4-15(40)17(5-12)54-55(51,52)53)35-27(47)14-6-13(39)9-36(14)29(49)19(32)11(2)38/h3-5,10-11,13-14,16,19-25,38-41,43-45H,6-9,32H2,1-2H3,(H2,31,42)(H2,33,46)(H,34,48)(H,35,47)(H,51,52,53)/t10-,11+,13+,14-,16+,19-,20-,21-,22-,23-,24-,25-/m0/s1. The topological polar surface area (TPSA) is 416 Å². The molecule has 6 amide bonds. The number of hydrogen-bond donors (Lipinski definition) is 13. The first-order valence-electron chi connectivity index (χ1n) is 16.5. The van der Waals surface area contributed by atoms with Crippen molar-refractivity contribution >= 4 is 45.8 Å². The minimum absolute atomic E-state index is 0.345. The molecular weight excluding hydrogens is 762 g/mol. The van der Waals surface area contributed by atoms with E-state index in [4.69, 9.17) is 21.8 Å². The third-order valence-electron chi connectivity index (χ3n) is 9.10. The summed E-state index contributed by atoms with van der Waals surface area (Å²) in [5.74, 6) is -10.1. The number of β-amino-alcohol motifs (C(OH)–C–C–N with tert-alkyl or cyclic N) is 1. The van der Waals surface area contributed by atoms with Crippen molar-refractivity contribution in [3.63, 3.8) is 0 Å². The molecule has 12 atom stereocenters. The average molecular weight is 808 g/mol. The quantitative estimate of drug-likeness (QED) is 0.0690. The van der Waals surface area contributed by atoms with Gasteiger partial charge in [0.15, 0.2) is 11.5 Å². The summed E-state index contributed by atoms with van der Waals surface area (Å²) in [5.41, 5.74) is 15.8. The lowest BCUT2D eigenvalue weighted by molar-refractivity contribution is -0.147. The highest BCUT2D eigenvalue weighted by atomic mass is 32.3. The minimum Gasteiger partial charge on any atom is -0.504 e. The molecule has 3 rings (SSSR count). The molecule has 25 heteroatoms. The summed E-state index contributed by atoms with van der Waals surface area (Å²) in [4.78, 5) is 80.1. The van der Waals surface area contributed by atoms with Crippen LogP contribution in [0.5, 0.6) is 11.5 Å². The van der Waals surface area contributed by atoms with Crippen molar-refractivity contribution in [3.8, 4) is 11.5 Å². The van der Waals surface area contributed by atoms with E-state index in [1.807, 2.05) is 5.32 Å². The van der Waals surface area contributed by atoms with Crippen LogP contribution in [0.15, 0.2) is 18.2 Å². The molecule has 24 nitrogen and oxygen atoms in total. The Morgan fingerprint density at radius 2 is 1.58 bits per heavy atom. The first kappa shape index (κ1) is 44.7. The van der Waals surface area contributed by atoms with E-state index < -0.39 is 155 Å². The monoisotopic (exact) mass is 807 g/mol. The van der Waals surface area contributed by atoms with Gasteiger partial charge in [-0.25, -0.2) is 0 Å². The van der Waals surface area contributed by atoms with E-state index in [-0.39, 0.29) is 6.54 Å². The van der Waals surface area contributed by atoms with Gasteiger partial charge in [0.25, 0.3) is 0 Å². The van der Waals surface area contributed by atoms with Crippen LogP contribution >= 0.6 is 0 Å². The Bertz CT molecular complexity index is 1750. The number of aromatic hydroxyl groups is 1. The molecule has 0 bridgehead atoms. The van der Waals surface area contributed by atoms with Crippen LogP contribution in [0.3, 0.4) is 0 Å². The Kier molecular flexibility index (Phi) is 14.5. The number of benzene rings is 1. The highest BCUT2D eigenvalue weighted by Crippen LogP contribution is 2.32. The Balaban J connectivity index is 2.08. The zero-order valence-corrected chi connectivity index (χ0v) is 30.1. The lowest BCUT2D eigenvalue weighted by atomic mass is 9.96. The Morgan fingerprint density at radius 3 is 2.13 bits per heavy atom. The Morgan fingerprint density at radius 1 is 0.964 bits per heavy atom. The number of carbonyl (C=O) groups is 6. The Labute approximate surface area is 312 Å². The summed E-state index contributed by atoms with van der Waals surface area (Å²) in [5, 5.41) is 78.2. The summed E-state index contributed by atoms with van der Waals surface area (Å²) < 4.78 is 35.9. The van der Waals surface area contributed by atoms with Gasteiger partial charge in [0.2, 0.25) is 35.4 Å². The van der Waals surface area contributed by atoms with E-state index in [1.165, 1.54) is 13.8 Å². The molecule has 55 heavy (non-hydrogen) atoms. The smallest absolute Gasteiger partial charge is 0.446 e. The van der Waals surface area contributed by atoms with Gasteiger partial charge in [0.05, 0.1) is 30.8 Å². The third kappa shape index (κ3) is 10.7. The van der Waals surface area contributed by atoms with Crippen LogP contribution in [-0.2, 0) is 39.2 Å². The molecule has 1 aromatic rings. The predicted molar refractivity (Wildman–Crippen MR) is 181 cm³/mol.